The molecule has 2 aromatic carbocycles. The molecule has 7 nitrogen and oxygen atoms in total. The fourth-order valence-corrected chi connectivity index (χ4v) is 3.81. The number of carbonyl (C=O) groups is 1. The van der Waals surface area contributed by atoms with Crippen LogP contribution in [-0.4, -0.2) is 52.0 Å². The van der Waals surface area contributed by atoms with E-state index in [4.69, 9.17) is 4.74 Å². The number of carbonyl (C=O) groups excluding carboxylic acids is 1. The predicted molar refractivity (Wildman–Crippen MR) is 115 cm³/mol. The molecule has 2 aromatic rings. The van der Waals surface area contributed by atoms with E-state index < -0.39 is 10.0 Å². The van der Waals surface area contributed by atoms with Crippen LogP contribution in [0.15, 0.2) is 53.4 Å². The van der Waals surface area contributed by atoms with Crippen molar-refractivity contribution in [2.75, 3.05) is 37.5 Å². The Hall–Kier alpha value is -2.58. The van der Waals surface area contributed by atoms with Crippen LogP contribution in [0.5, 0.6) is 5.75 Å². The van der Waals surface area contributed by atoms with E-state index >= 15 is 0 Å². The van der Waals surface area contributed by atoms with Crippen molar-refractivity contribution < 1.29 is 17.9 Å². The number of ether oxygens (including phenoxy) is 1. The lowest BCUT2D eigenvalue weighted by molar-refractivity contribution is 0.0949. The fourth-order valence-electron chi connectivity index (χ4n) is 2.75. The normalized spacial score (nSPS) is 11.3. The van der Waals surface area contributed by atoms with Crippen molar-refractivity contribution in [3.05, 3.63) is 54.1 Å². The topological polar surface area (TPSA) is 87.7 Å². The Kier molecular flexibility index (Phi) is 8.48. The molecule has 29 heavy (non-hydrogen) atoms. The summed E-state index contributed by atoms with van der Waals surface area (Å²) in [7, 11) is -3.72. The molecule has 0 spiro atoms. The second-order valence-corrected chi connectivity index (χ2v) is 8.05. The van der Waals surface area contributed by atoms with E-state index in [2.05, 4.69) is 28.8 Å². The van der Waals surface area contributed by atoms with Gasteiger partial charge in [0.25, 0.3) is 15.9 Å². The first-order valence-corrected chi connectivity index (χ1v) is 11.2. The lowest BCUT2D eigenvalue weighted by Gasteiger charge is -2.18. The number of amides is 1. The number of hydrogen-bond donors (Lipinski definition) is 2. The van der Waals surface area contributed by atoms with Crippen LogP contribution in [0.4, 0.5) is 5.69 Å². The van der Waals surface area contributed by atoms with E-state index in [1.807, 2.05) is 6.92 Å². The van der Waals surface area contributed by atoms with Crippen LogP contribution in [0.2, 0.25) is 0 Å². The smallest absolute Gasteiger partial charge is 0.261 e. The van der Waals surface area contributed by atoms with Gasteiger partial charge >= 0.3 is 0 Å². The van der Waals surface area contributed by atoms with Crippen molar-refractivity contribution in [2.24, 2.45) is 0 Å². The van der Waals surface area contributed by atoms with Crippen LogP contribution in [0.1, 0.15) is 31.1 Å². The maximum atomic E-state index is 12.5. The average molecular weight is 420 g/mol. The van der Waals surface area contributed by atoms with E-state index in [-0.39, 0.29) is 10.8 Å². The third-order valence-corrected chi connectivity index (χ3v) is 5.85. The second kappa shape index (κ2) is 10.8. The number of benzene rings is 2. The summed E-state index contributed by atoms with van der Waals surface area (Å²) in [6, 6.07) is 12.6. The van der Waals surface area contributed by atoms with Crippen LogP contribution in [0, 0.1) is 0 Å². The first-order valence-electron chi connectivity index (χ1n) is 9.75. The van der Waals surface area contributed by atoms with E-state index in [0.29, 0.717) is 30.2 Å². The molecule has 2 rings (SSSR count). The maximum absolute atomic E-state index is 12.5. The summed E-state index contributed by atoms with van der Waals surface area (Å²) in [5.74, 6) is 0.431. The molecule has 0 aromatic heterocycles. The molecular weight excluding hydrogens is 390 g/mol. The van der Waals surface area contributed by atoms with Gasteiger partial charge in [0.15, 0.2) is 0 Å². The van der Waals surface area contributed by atoms with Gasteiger partial charge in [-0.05, 0) is 68.5 Å². The molecular formula is C21H29N3O4S. The second-order valence-electron chi connectivity index (χ2n) is 6.37. The van der Waals surface area contributed by atoms with E-state index in [1.165, 1.54) is 12.1 Å². The number of nitrogens with zero attached hydrogens (tertiary/aromatic N) is 1. The summed E-state index contributed by atoms with van der Waals surface area (Å²) in [4.78, 5) is 14.6. The van der Waals surface area contributed by atoms with Crippen LogP contribution < -0.4 is 14.8 Å². The van der Waals surface area contributed by atoms with Crippen molar-refractivity contribution >= 4 is 21.6 Å². The molecule has 8 heteroatoms. The minimum atomic E-state index is -3.72. The minimum Gasteiger partial charge on any atom is -0.494 e. The predicted octanol–water partition coefficient (Wildman–Crippen LogP) is 2.96. The Morgan fingerprint density at radius 2 is 1.59 bits per heavy atom. The number of nitrogens with one attached hydrogen (secondary N) is 2. The summed E-state index contributed by atoms with van der Waals surface area (Å²) < 4.78 is 32.9. The molecule has 0 radical (unpaired) electrons. The van der Waals surface area contributed by atoms with Gasteiger partial charge < -0.3 is 15.0 Å². The Bertz CT molecular complexity index is 877. The quantitative estimate of drug-likeness (QED) is 0.585. The molecule has 0 unspecified atom stereocenters. The Morgan fingerprint density at radius 1 is 0.966 bits per heavy atom. The van der Waals surface area contributed by atoms with E-state index in [9.17, 15) is 13.2 Å². The van der Waals surface area contributed by atoms with Crippen LogP contribution >= 0.6 is 0 Å². The van der Waals surface area contributed by atoms with E-state index in [1.54, 1.807) is 36.4 Å². The van der Waals surface area contributed by atoms with Crippen molar-refractivity contribution in [1.82, 2.24) is 10.2 Å². The number of hydrogen-bond acceptors (Lipinski definition) is 5. The van der Waals surface area contributed by atoms with Gasteiger partial charge in [0.05, 0.1) is 11.5 Å². The molecule has 158 valence electrons. The molecule has 1 amide bonds. The molecule has 0 fully saturated rings. The van der Waals surface area contributed by atoms with Crippen LogP contribution in [0.25, 0.3) is 0 Å². The molecule has 0 atom stereocenters. The van der Waals surface area contributed by atoms with Gasteiger partial charge in [0, 0.05) is 24.3 Å². The lowest BCUT2D eigenvalue weighted by atomic mass is 10.2. The highest BCUT2D eigenvalue weighted by molar-refractivity contribution is 7.92. The number of likely N-dealkylation sites (N-methyl/N-ethyl adjacent to an activating group) is 1. The molecule has 0 aliphatic heterocycles. The zero-order chi connectivity index (χ0) is 21.3. The summed E-state index contributed by atoms with van der Waals surface area (Å²) in [6.07, 6.45) is 0. The van der Waals surface area contributed by atoms with E-state index in [0.717, 1.165) is 19.6 Å². The van der Waals surface area contributed by atoms with Crippen LogP contribution in [0.3, 0.4) is 0 Å². The van der Waals surface area contributed by atoms with Gasteiger partial charge in [-0.3, -0.25) is 9.52 Å². The highest BCUT2D eigenvalue weighted by atomic mass is 32.2. The summed E-state index contributed by atoms with van der Waals surface area (Å²) in [5.41, 5.74) is 0.868. The fraction of sp³-hybridized carbons (Fsp3) is 0.381. The third-order valence-electron chi connectivity index (χ3n) is 4.45. The van der Waals surface area contributed by atoms with Gasteiger partial charge in [-0.15, -0.1) is 0 Å². The monoisotopic (exact) mass is 419 g/mol. The SMILES string of the molecule is CCOc1ccc(S(=O)(=O)Nc2ccc(C(=O)NCCN(CC)CC)cc2)cc1. The van der Waals surface area contributed by atoms with Gasteiger partial charge in [0.1, 0.15) is 5.75 Å². The van der Waals surface area contributed by atoms with Gasteiger partial charge in [-0.25, -0.2) is 8.42 Å². The Morgan fingerprint density at radius 3 is 2.14 bits per heavy atom. The van der Waals surface area contributed by atoms with Gasteiger partial charge in [-0.2, -0.15) is 0 Å². The summed E-state index contributed by atoms with van der Waals surface area (Å²) >= 11 is 0. The number of anilines is 1. The third kappa shape index (κ3) is 6.76. The molecule has 0 heterocycles. The molecule has 0 bridgehead atoms. The number of rotatable bonds is 11. The van der Waals surface area contributed by atoms with Crippen molar-refractivity contribution in [3.8, 4) is 5.75 Å². The zero-order valence-electron chi connectivity index (χ0n) is 17.1. The Balaban J connectivity index is 1.96. The average Bonchev–Trinajstić information content (AvgIpc) is 2.72. The minimum absolute atomic E-state index is 0.138. The molecule has 0 aliphatic rings. The number of sulfonamides is 1. The maximum Gasteiger partial charge on any atom is 0.261 e. The van der Waals surface area contributed by atoms with Gasteiger partial charge in [0.2, 0.25) is 0 Å². The molecule has 0 saturated carbocycles. The Labute approximate surface area is 173 Å². The van der Waals surface area contributed by atoms with Gasteiger partial charge in [-0.1, -0.05) is 13.8 Å². The first-order chi connectivity index (χ1) is 13.9. The van der Waals surface area contributed by atoms with Crippen molar-refractivity contribution in [2.45, 2.75) is 25.7 Å². The van der Waals surface area contributed by atoms with Crippen molar-refractivity contribution in [3.63, 3.8) is 0 Å². The molecule has 0 saturated heterocycles. The summed E-state index contributed by atoms with van der Waals surface area (Å²) in [5, 5.41) is 2.88. The lowest BCUT2D eigenvalue weighted by Crippen LogP contribution is -2.34. The van der Waals surface area contributed by atoms with Crippen LogP contribution in [-0.2, 0) is 10.0 Å². The molecule has 2 N–H and O–H groups in total. The summed E-state index contributed by atoms with van der Waals surface area (Å²) in [6.45, 7) is 9.77. The molecule has 0 aliphatic carbocycles. The largest absolute Gasteiger partial charge is 0.494 e. The highest BCUT2D eigenvalue weighted by Crippen LogP contribution is 2.19. The highest BCUT2D eigenvalue weighted by Gasteiger charge is 2.15. The van der Waals surface area contributed by atoms with Crippen molar-refractivity contribution in [1.29, 1.82) is 0 Å². The zero-order valence-corrected chi connectivity index (χ0v) is 18.0. The first kappa shape index (κ1) is 22.7. The standard InChI is InChI=1S/C21H29N3O4S/c1-4-24(5-2)16-15-22-21(25)17-7-9-18(10-8-17)23-29(26,27)20-13-11-19(12-14-20)28-6-3/h7-14,23H,4-6,15-16H2,1-3H3,(H,22,25).